The first-order chi connectivity index (χ1) is 23.0. The third kappa shape index (κ3) is 5.21. The molecule has 0 aromatic heterocycles. The van der Waals surface area contributed by atoms with Crippen molar-refractivity contribution in [2.75, 3.05) is 5.32 Å². The first-order valence-corrected chi connectivity index (χ1v) is 17.2. The van der Waals surface area contributed by atoms with Gasteiger partial charge in [-0.15, -0.1) is 0 Å². The molecule has 0 spiro atoms. The molecule has 0 aliphatic heterocycles. The highest BCUT2D eigenvalue weighted by atomic mass is 14.9. The molecule has 1 heteroatoms. The van der Waals surface area contributed by atoms with Crippen LogP contribution in [0.2, 0.25) is 0 Å². The second kappa shape index (κ2) is 11.9. The summed E-state index contributed by atoms with van der Waals surface area (Å²) in [5.74, 6) is 0. The van der Waals surface area contributed by atoms with Gasteiger partial charge in [-0.3, -0.25) is 0 Å². The largest absolute Gasteiger partial charge is 0.356 e. The number of nitrogens with one attached hydrogen (secondary N) is 1. The van der Waals surface area contributed by atoms with Crippen LogP contribution in [0, 0.1) is 0 Å². The molecule has 0 heterocycles. The normalized spacial score (nSPS) is 12.6. The molecule has 0 unspecified atom stereocenters. The van der Waals surface area contributed by atoms with Crippen LogP contribution in [-0.2, 0) is 18.3 Å². The lowest BCUT2D eigenvalue weighted by molar-refractivity contribution is 0.439. The van der Waals surface area contributed by atoms with Gasteiger partial charge in [0, 0.05) is 11.4 Å². The Morgan fingerprint density at radius 1 is 0.468 bits per heavy atom. The lowest BCUT2D eigenvalue weighted by Crippen LogP contribution is -2.19. The first-order valence-electron chi connectivity index (χ1n) is 17.2. The fraction of sp³-hybridized carbons (Fsp3) is 0.174. The number of anilines is 2. The van der Waals surface area contributed by atoms with Crippen LogP contribution in [0.5, 0.6) is 0 Å². The minimum absolute atomic E-state index is 0.207. The standard InChI is InChI=1S/C46H41N/c1-4-46(3,5-2)37-25-21-32(22-26-37)44-40-13-6-8-15-42(40)45(43-16-9-7-14-41(43)44)33-23-27-38(28-24-33)47-39-12-10-11-34(30-39)36-20-18-31-17-19-35(31)29-36/h6-16,18,20-30,47H,4-5,17,19H2,1-3H3. The second-order valence-electron chi connectivity index (χ2n) is 13.5. The molecule has 1 N–H and O–H groups in total. The minimum Gasteiger partial charge on any atom is -0.356 e. The van der Waals surface area contributed by atoms with Crippen LogP contribution in [0.25, 0.3) is 54.9 Å². The molecule has 0 fully saturated rings. The van der Waals surface area contributed by atoms with Gasteiger partial charge in [0.15, 0.2) is 0 Å². The zero-order chi connectivity index (χ0) is 32.0. The highest BCUT2D eigenvalue weighted by molar-refractivity contribution is 6.21. The fourth-order valence-corrected chi connectivity index (χ4v) is 7.49. The van der Waals surface area contributed by atoms with E-state index in [2.05, 4.69) is 166 Å². The maximum Gasteiger partial charge on any atom is 0.0390 e. The maximum atomic E-state index is 3.66. The Labute approximate surface area is 278 Å². The van der Waals surface area contributed by atoms with Crippen molar-refractivity contribution in [3.05, 3.63) is 156 Å². The number of hydrogen-bond acceptors (Lipinski definition) is 1. The zero-order valence-electron chi connectivity index (χ0n) is 27.6. The van der Waals surface area contributed by atoms with Gasteiger partial charge in [0.1, 0.15) is 0 Å². The Hall–Kier alpha value is -5.14. The molecule has 8 rings (SSSR count). The lowest BCUT2D eigenvalue weighted by Gasteiger charge is -2.27. The average molecular weight is 608 g/mol. The Morgan fingerprint density at radius 3 is 1.49 bits per heavy atom. The Bertz CT molecular complexity index is 2180. The molecule has 0 radical (unpaired) electrons. The molecule has 230 valence electrons. The predicted octanol–water partition coefficient (Wildman–Crippen LogP) is 12.9. The van der Waals surface area contributed by atoms with Gasteiger partial charge in [0.2, 0.25) is 0 Å². The SMILES string of the molecule is CCC(C)(CC)c1ccc(-c2c3ccccc3c(-c3ccc(Nc4cccc(-c5ccc6c(c5)CC6)c4)cc3)c3ccccc23)cc1. The summed E-state index contributed by atoms with van der Waals surface area (Å²) >= 11 is 0. The first kappa shape index (κ1) is 29.3. The van der Waals surface area contributed by atoms with E-state index in [1.165, 1.54) is 84.5 Å². The van der Waals surface area contributed by atoms with Crippen LogP contribution >= 0.6 is 0 Å². The third-order valence-electron chi connectivity index (χ3n) is 10.9. The van der Waals surface area contributed by atoms with E-state index in [-0.39, 0.29) is 5.41 Å². The van der Waals surface area contributed by atoms with Crippen molar-refractivity contribution in [3.8, 4) is 33.4 Å². The number of fused-ring (bicyclic) bond motifs is 3. The molecule has 0 amide bonds. The van der Waals surface area contributed by atoms with Crippen LogP contribution in [0.15, 0.2) is 140 Å². The van der Waals surface area contributed by atoms with E-state index in [4.69, 9.17) is 0 Å². The predicted molar refractivity (Wildman–Crippen MR) is 203 cm³/mol. The van der Waals surface area contributed by atoms with Gasteiger partial charge in [-0.2, -0.15) is 0 Å². The van der Waals surface area contributed by atoms with E-state index >= 15 is 0 Å². The highest BCUT2D eigenvalue weighted by Gasteiger charge is 2.23. The van der Waals surface area contributed by atoms with Crippen LogP contribution in [0.3, 0.4) is 0 Å². The summed E-state index contributed by atoms with van der Waals surface area (Å²) in [6.07, 6.45) is 4.69. The monoisotopic (exact) mass is 607 g/mol. The van der Waals surface area contributed by atoms with Crippen molar-refractivity contribution >= 4 is 32.9 Å². The van der Waals surface area contributed by atoms with Gasteiger partial charge < -0.3 is 5.32 Å². The molecule has 0 saturated heterocycles. The van der Waals surface area contributed by atoms with E-state index in [0.29, 0.717) is 0 Å². The summed E-state index contributed by atoms with van der Waals surface area (Å²) in [6.45, 7) is 6.98. The van der Waals surface area contributed by atoms with Crippen molar-refractivity contribution in [1.29, 1.82) is 0 Å². The Balaban J connectivity index is 1.16. The van der Waals surface area contributed by atoms with Gasteiger partial charge in [-0.05, 0) is 127 Å². The van der Waals surface area contributed by atoms with Gasteiger partial charge in [-0.25, -0.2) is 0 Å². The zero-order valence-corrected chi connectivity index (χ0v) is 27.6. The van der Waals surface area contributed by atoms with Crippen LogP contribution < -0.4 is 5.32 Å². The van der Waals surface area contributed by atoms with E-state index in [1.807, 2.05) is 0 Å². The molecule has 0 bridgehead atoms. The molecule has 1 aliphatic rings. The molecule has 0 saturated carbocycles. The minimum atomic E-state index is 0.207. The van der Waals surface area contributed by atoms with Crippen LogP contribution in [0.1, 0.15) is 50.3 Å². The summed E-state index contributed by atoms with van der Waals surface area (Å²) in [6, 6.07) is 51.8. The molecule has 7 aromatic rings. The number of aryl methyl sites for hydroxylation is 2. The molecular formula is C46H41N. The van der Waals surface area contributed by atoms with Gasteiger partial charge in [0.05, 0.1) is 0 Å². The van der Waals surface area contributed by atoms with Crippen LogP contribution in [-0.4, -0.2) is 0 Å². The quantitative estimate of drug-likeness (QED) is 0.169. The van der Waals surface area contributed by atoms with Crippen molar-refractivity contribution < 1.29 is 0 Å². The van der Waals surface area contributed by atoms with E-state index in [1.54, 1.807) is 0 Å². The number of benzene rings is 7. The van der Waals surface area contributed by atoms with Crippen molar-refractivity contribution in [3.63, 3.8) is 0 Å². The van der Waals surface area contributed by atoms with Crippen molar-refractivity contribution in [2.45, 2.75) is 51.9 Å². The summed E-state index contributed by atoms with van der Waals surface area (Å²) in [4.78, 5) is 0. The Kier molecular flexibility index (Phi) is 7.41. The van der Waals surface area contributed by atoms with E-state index in [9.17, 15) is 0 Å². The summed E-state index contributed by atoms with van der Waals surface area (Å²) < 4.78 is 0. The number of hydrogen-bond donors (Lipinski definition) is 1. The topological polar surface area (TPSA) is 12.0 Å². The van der Waals surface area contributed by atoms with E-state index in [0.717, 1.165) is 24.2 Å². The maximum absolute atomic E-state index is 3.66. The molecule has 0 atom stereocenters. The second-order valence-corrected chi connectivity index (χ2v) is 13.5. The number of rotatable bonds is 8. The van der Waals surface area contributed by atoms with Gasteiger partial charge in [0.25, 0.3) is 0 Å². The summed E-state index contributed by atoms with van der Waals surface area (Å²) in [5, 5.41) is 8.80. The summed E-state index contributed by atoms with van der Waals surface area (Å²) in [5.41, 5.74) is 14.4. The molecule has 47 heavy (non-hydrogen) atoms. The van der Waals surface area contributed by atoms with E-state index < -0.39 is 0 Å². The van der Waals surface area contributed by atoms with Crippen molar-refractivity contribution in [2.24, 2.45) is 0 Å². The molecule has 1 nitrogen and oxygen atoms in total. The molecule has 7 aromatic carbocycles. The lowest BCUT2D eigenvalue weighted by atomic mass is 9.77. The fourth-order valence-electron chi connectivity index (χ4n) is 7.49. The van der Waals surface area contributed by atoms with Gasteiger partial charge in [-0.1, -0.05) is 136 Å². The molecule has 1 aliphatic carbocycles. The third-order valence-corrected chi connectivity index (χ3v) is 10.9. The smallest absolute Gasteiger partial charge is 0.0390 e. The van der Waals surface area contributed by atoms with Crippen LogP contribution in [0.4, 0.5) is 11.4 Å². The van der Waals surface area contributed by atoms with Gasteiger partial charge >= 0.3 is 0 Å². The molecular weight excluding hydrogens is 567 g/mol. The highest BCUT2D eigenvalue weighted by Crippen LogP contribution is 2.44. The average Bonchev–Trinajstić information content (AvgIpc) is 3.11. The Morgan fingerprint density at radius 2 is 0.979 bits per heavy atom. The summed E-state index contributed by atoms with van der Waals surface area (Å²) in [7, 11) is 0. The van der Waals surface area contributed by atoms with Crippen molar-refractivity contribution in [1.82, 2.24) is 0 Å².